The van der Waals surface area contributed by atoms with Crippen molar-refractivity contribution in [1.29, 1.82) is 0 Å². The van der Waals surface area contributed by atoms with Gasteiger partial charge in [-0.1, -0.05) is 12.1 Å². The highest BCUT2D eigenvalue weighted by atomic mass is 16.5. The summed E-state index contributed by atoms with van der Waals surface area (Å²) in [5, 5.41) is 13.9. The van der Waals surface area contributed by atoms with E-state index in [0.717, 1.165) is 0 Å². The van der Waals surface area contributed by atoms with E-state index in [0.29, 0.717) is 23.0 Å². The van der Waals surface area contributed by atoms with Crippen LogP contribution in [-0.2, 0) is 4.74 Å². The Morgan fingerprint density at radius 3 is 2.76 bits per heavy atom. The number of rotatable bonds is 5. The van der Waals surface area contributed by atoms with Crippen LogP contribution in [0.2, 0.25) is 0 Å². The maximum atomic E-state index is 11.7. The minimum absolute atomic E-state index is 0.233. The van der Waals surface area contributed by atoms with E-state index in [-0.39, 0.29) is 6.04 Å². The predicted octanol–water partition coefficient (Wildman–Crippen LogP) is 2.22. The summed E-state index contributed by atoms with van der Waals surface area (Å²) in [6.45, 7) is 4.00. The first kappa shape index (κ1) is 14.7. The number of anilines is 3. The molecule has 0 saturated carbocycles. The second-order valence-corrected chi connectivity index (χ2v) is 4.63. The van der Waals surface area contributed by atoms with E-state index >= 15 is 0 Å². The largest absolute Gasteiger partial charge is 0.465 e. The van der Waals surface area contributed by atoms with Crippen molar-refractivity contribution in [3.05, 3.63) is 36.0 Å². The van der Waals surface area contributed by atoms with Gasteiger partial charge in [-0.2, -0.15) is 10.1 Å². The molecule has 1 aromatic carbocycles. The van der Waals surface area contributed by atoms with Gasteiger partial charge in [-0.15, -0.1) is 5.10 Å². The van der Waals surface area contributed by atoms with Crippen LogP contribution in [0.4, 0.5) is 17.5 Å². The fourth-order valence-electron chi connectivity index (χ4n) is 1.72. The van der Waals surface area contributed by atoms with Gasteiger partial charge in [-0.3, -0.25) is 0 Å². The molecule has 0 spiro atoms. The van der Waals surface area contributed by atoms with Crippen molar-refractivity contribution in [2.24, 2.45) is 0 Å². The highest BCUT2D eigenvalue weighted by molar-refractivity contribution is 5.96. The zero-order valence-corrected chi connectivity index (χ0v) is 12.1. The SMILES string of the molecule is COC(=O)c1ccccc1Nc1nncc(NC(C)C)n1. The van der Waals surface area contributed by atoms with Crippen LogP contribution in [0.5, 0.6) is 0 Å². The summed E-state index contributed by atoms with van der Waals surface area (Å²) in [6, 6.07) is 7.21. The molecular weight excluding hydrogens is 270 g/mol. The lowest BCUT2D eigenvalue weighted by atomic mass is 10.2. The molecule has 0 amide bonds. The Morgan fingerprint density at radius 2 is 2.05 bits per heavy atom. The Balaban J connectivity index is 2.24. The zero-order chi connectivity index (χ0) is 15.2. The second-order valence-electron chi connectivity index (χ2n) is 4.63. The van der Waals surface area contributed by atoms with Crippen LogP contribution in [0.15, 0.2) is 30.5 Å². The van der Waals surface area contributed by atoms with E-state index in [9.17, 15) is 4.79 Å². The average Bonchev–Trinajstić information content (AvgIpc) is 2.47. The minimum Gasteiger partial charge on any atom is -0.465 e. The Kier molecular flexibility index (Phi) is 4.65. The molecule has 21 heavy (non-hydrogen) atoms. The number of para-hydroxylation sites is 1. The fourth-order valence-corrected chi connectivity index (χ4v) is 1.72. The fraction of sp³-hybridized carbons (Fsp3) is 0.286. The van der Waals surface area contributed by atoms with Crippen molar-refractivity contribution >= 4 is 23.4 Å². The van der Waals surface area contributed by atoms with Crippen LogP contribution < -0.4 is 10.6 Å². The lowest BCUT2D eigenvalue weighted by Crippen LogP contribution is -2.13. The molecule has 0 saturated heterocycles. The monoisotopic (exact) mass is 287 g/mol. The second kappa shape index (κ2) is 6.65. The third kappa shape index (κ3) is 3.88. The van der Waals surface area contributed by atoms with E-state index in [1.807, 2.05) is 13.8 Å². The maximum absolute atomic E-state index is 11.7. The molecule has 0 bridgehead atoms. The Hall–Kier alpha value is -2.70. The Morgan fingerprint density at radius 1 is 1.29 bits per heavy atom. The summed E-state index contributed by atoms with van der Waals surface area (Å²) < 4.78 is 4.74. The normalized spacial score (nSPS) is 10.3. The van der Waals surface area contributed by atoms with E-state index in [2.05, 4.69) is 25.8 Å². The van der Waals surface area contributed by atoms with E-state index < -0.39 is 5.97 Å². The van der Waals surface area contributed by atoms with Crippen LogP contribution in [-0.4, -0.2) is 34.3 Å². The molecule has 0 radical (unpaired) electrons. The number of nitrogens with zero attached hydrogens (tertiary/aromatic N) is 3. The first-order chi connectivity index (χ1) is 10.1. The summed E-state index contributed by atoms with van der Waals surface area (Å²) >= 11 is 0. The van der Waals surface area contributed by atoms with E-state index in [1.165, 1.54) is 13.3 Å². The third-order valence-electron chi connectivity index (χ3n) is 2.57. The van der Waals surface area contributed by atoms with Gasteiger partial charge in [-0.25, -0.2) is 4.79 Å². The molecule has 0 aliphatic heterocycles. The molecule has 2 aromatic rings. The topological polar surface area (TPSA) is 89.0 Å². The van der Waals surface area contributed by atoms with Gasteiger partial charge in [0.25, 0.3) is 0 Å². The molecule has 2 rings (SSSR count). The molecule has 0 fully saturated rings. The molecule has 0 atom stereocenters. The van der Waals surface area contributed by atoms with Gasteiger partial charge < -0.3 is 15.4 Å². The molecular formula is C14H17N5O2. The molecule has 7 nitrogen and oxygen atoms in total. The van der Waals surface area contributed by atoms with Gasteiger partial charge in [0.15, 0.2) is 5.82 Å². The molecule has 1 aromatic heterocycles. The summed E-state index contributed by atoms with van der Waals surface area (Å²) in [4.78, 5) is 16.0. The van der Waals surface area contributed by atoms with Gasteiger partial charge in [0.1, 0.15) is 0 Å². The van der Waals surface area contributed by atoms with Crippen LogP contribution in [0.1, 0.15) is 24.2 Å². The maximum Gasteiger partial charge on any atom is 0.339 e. The summed E-state index contributed by atoms with van der Waals surface area (Å²) in [5.41, 5.74) is 0.971. The van der Waals surface area contributed by atoms with Crippen LogP contribution in [0, 0.1) is 0 Å². The van der Waals surface area contributed by atoms with Gasteiger partial charge in [0.2, 0.25) is 5.95 Å². The lowest BCUT2D eigenvalue weighted by Gasteiger charge is -2.11. The number of aromatic nitrogens is 3. The molecule has 2 N–H and O–H groups in total. The third-order valence-corrected chi connectivity index (χ3v) is 2.57. The van der Waals surface area contributed by atoms with Crippen molar-refractivity contribution in [2.75, 3.05) is 17.7 Å². The standard InChI is InChI=1S/C14H17N5O2/c1-9(2)16-12-8-15-19-14(18-12)17-11-7-5-4-6-10(11)13(20)21-3/h4-9H,1-3H3,(H2,16,17,18,19). The molecule has 7 heteroatoms. The highest BCUT2D eigenvalue weighted by Crippen LogP contribution is 2.19. The number of esters is 1. The number of nitrogens with one attached hydrogen (secondary N) is 2. The molecule has 0 aliphatic rings. The number of carbonyl (C=O) groups is 1. The van der Waals surface area contributed by atoms with Crippen molar-refractivity contribution in [1.82, 2.24) is 15.2 Å². The number of benzene rings is 1. The number of ether oxygens (including phenoxy) is 1. The van der Waals surface area contributed by atoms with Crippen LogP contribution in [0.3, 0.4) is 0 Å². The van der Waals surface area contributed by atoms with Gasteiger partial charge in [0.05, 0.1) is 24.6 Å². The van der Waals surface area contributed by atoms with Crippen LogP contribution >= 0.6 is 0 Å². The number of hydrogen-bond acceptors (Lipinski definition) is 7. The Labute approximate surface area is 122 Å². The smallest absolute Gasteiger partial charge is 0.339 e. The first-order valence-corrected chi connectivity index (χ1v) is 6.50. The molecule has 1 heterocycles. The molecule has 110 valence electrons. The minimum atomic E-state index is -0.428. The zero-order valence-electron chi connectivity index (χ0n) is 12.1. The lowest BCUT2D eigenvalue weighted by molar-refractivity contribution is 0.0602. The number of carbonyl (C=O) groups excluding carboxylic acids is 1. The summed E-state index contributed by atoms with van der Waals surface area (Å²) in [6.07, 6.45) is 1.54. The van der Waals surface area contributed by atoms with Gasteiger partial charge >= 0.3 is 5.97 Å². The highest BCUT2D eigenvalue weighted by Gasteiger charge is 2.12. The first-order valence-electron chi connectivity index (χ1n) is 6.50. The molecule has 0 aliphatic carbocycles. The van der Waals surface area contributed by atoms with Crippen molar-refractivity contribution < 1.29 is 9.53 Å². The summed E-state index contributed by atoms with van der Waals surface area (Å²) in [7, 11) is 1.34. The van der Waals surface area contributed by atoms with Gasteiger partial charge in [0, 0.05) is 6.04 Å². The van der Waals surface area contributed by atoms with E-state index in [4.69, 9.17) is 4.74 Å². The van der Waals surface area contributed by atoms with Crippen molar-refractivity contribution in [3.63, 3.8) is 0 Å². The van der Waals surface area contributed by atoms with E-state index in [1.54, 1.807) is 24.3 Å². The number of hydrogen-bond donors (Lipinski definition) is 2. The predicted molar refractivity (Wildman–Crippen MR) is 79.6 cm³/mol. The van der Waals surface area contributed by atoms with Crippen LogP contribution in [0.25, 0.3) is 0 Å². The van der Waals surface area contributed by atoms with Crippen molar-refractivity contribution in [2.45, 2.75) is 19.9 Å². The molecule has 0 unspecified atom stereocenters. The van der Waals surface area contributed by atoms with Crippen molar-refractivity contribution in [3.8, 4) is 0 Å². The Bertz CT molecular complexity index is 630. The quantitative estimate of drug-likeness (QED) is 0.815. The van der Waals surface area contributed by atoms with Gasteiger partial charge in [-0.05, 0) is 26.0 Å². The number of methoxy groups -OCH3 is 1. The summed E-state index contributed by atoms with van der Waals surface area (Å²) in [5.74, 6) is 0.484. The average molecular weight is 287 g/mol.